The Balaban J connectivity index is 1.70. The van der Waals surface area contributed by atoms with Crippen LogP contribution in [0.1, 0.15) is 99.4 Å². The number of Topliss-reactive ketones (excluding diaryl/α,β-unsaturated/α-hetero) is 1. The molecule has 3 fully saturated rings. The van der Waals surface area contributed by atoms with Crippen LogP contribution in [0.3, 0.4) is 0 Å². The maximum atomic E-state index is 15.4. The number of ketones is 1. The van der Waals surface area contributed by atoms with Gasteiger partial charge in [-0.3, -0.25) is 14.4 Å². The Morgan fingerprint density at radius 1 is 1.00 bits per heavy atom. The van der Waals surface area contributed by atoms with Crippen molar-refractivity contribution in [1.29, 1.82) is 0 Å². The topological polar surface area (TPSA) is 231 Å². The molecule has 0 aromatic heterocycles. The van der Waals surface area contributed by atoms with Crippen molar-refractivity contribution >= 4 is 35.8 Å². The molecule has 2 bridgehead atoms. The third-order valence-corrected chi connectivity index (χ3v) is 12.7. The average molecular weight is 830 g/mol. The lowest BCUT2D eigenvalue weighted by Gasteiger charge is -2.67. The molecule has 2 saturated carbocycles. The monoisotopic (exact) mass is 829 g/mol. The number of esters is 4. The van der Waals surface area contributed by atoms with Crippen LogP contribution in [-0.4, -0.2) is 112 Å². The molecule has 16 heteroatoms. The van der Waals surface area contributed by atoms with E-state index in [1.165, 1.54) is 19.1 Å². The third-order valence-electron chi connectivity index (χ3n) is 12.7. The summed E-state index contributed by atoms with van der Waals surface area (Å²) in [5, 5.41) is 39.5. The molecule has 3 aliphatic carbocycles. The number of rotatable bonds is 10. The summed E-state index contributed by atoms with van der Waals surface area (Å²) in [4.78, 5) is 82.1. The van der Waals surface area contributed by atoms with Gasteiger partial charge < -0.3 is 49.1 Å². The zero-order chi connectivity index (χ0) is 44.2. The fourth-order valence-corrected chi connectivity index (χ4v) is 9.45. The van der Waals surface area contributed by atoms with Crippen molar-refractivity contribution in [2.45, 2.75) is 137 Å². The number of hydrogen-bond acceptors (Lipinski definition) is 15. The summed E-state index contributed by atoms with van der Waals surface area (Å²) in [7, 11) is 0. The largest absolute Gasteiger partial charge is 0.460 e. The van der Waals surface area contributed by atoms with E-state index >= 15 is 4.79 Å². The second-order valence-electron chi connectivity index (χ2n) is 18.7. The highest BCUT2D eigenvalue weighted by molar-refractivity contribution is 6.02. The van der Waals surface area contributed by atoms with Crippen molar-refractivity contribution in [2.24, 2.45) is 34.0 Å². The van der Waals surface area contributed by atoms with E-state index in [-0.39, 0.29) is 36.2 Å². The second kappa shape index (κ2) is 16.2. The highest BCUT2D eigenvalue weighted by atomic mass is 16.6. The van der Waals surface area contributed by atoms with Gasteiger partial charge in [0.2, 0.25) is 5.78 Å². The SMILES string of the molecule is CC(=O)OC1=C2C(C)[C@@H](OC(=O)[C@H](O)[C@@H](NC(=O)OCC(C)(C)C)C(C)C)C[C@@](O)([C@@H](OC(=O)c3ccccc3)[C@@H]3[C@]4(OC(C)=O)CO[C@@H]4C[C@H](O)[C@@]3(C)C1=O)C2(C)C. The van der Waals surface area contributed by atoms with Crippen LogP contribution >= 0.6 is 0 Å². The molecular weight excluding hydrogens is 770 g/mol. The summed E-state index contributed by atoms with van der Waals surface area (Å²) < 4.78 is 35.3. The summed E-state index contributed by atoms with van der Waals surface area (Å²) in [6, 6.07) is 6.64. The van der Waals surface area contributed by atoms with Crippen LogP contribution in [0.2, 0.25) is 0 Å². The summed E-state index contributed by atoms with van der Waals surface area (Å²) in [5.41, 5.74) is -8.14. The number of fused-ring (bicyclic) bond motifs is 5. The van der Waals surface area contributed by atoms with E-state index in [2.05, 4.69) is 5.32 Å². The fraction of sp³-hybridized carbons (Fsp3) is 0.674. The molecular formula is C43H59NO15. The van der Waals surface area contributed by atoms with E-state index in [1.54, 1.807) is 52.8 Å². The van der Waals surface area contributed by atoms with Gasteiger partial charge in [-0.1, -0.05) is 73.6 Å². The van der Waals surface area contributed by atoms with Crippen molar-refractivity contribution in [3.8, 4) is 0 Å². The molecule has 1 amide bonds. The van der Waals surface area contributed by atoms with E-state index in [1.807, 2.05) is 20.8 Å². The van der Waals surface area contributed by atoms with Gasteiger partial charge in [-0.15, -0.1) is 0 Å². The summed E-state index contributed by atoms with van der Waals surface area (Å²) in [5.74, 6) is -8.35. The molecule has 1 saturated heterocycles. The maximum Gasteiger partial charge on any atom is 0.407 e. The molecule has 326 valence electrons. The van der Waals surface area contributed by atoms with Crippen molar-refractivity contribution in [3.63, 3.8) is 0 Å². The third kappa shape index (κ3) is 8.12. The summed E-state index contributed by atoms with van der Waals surface area (Å²) in [6.45, 7) is 17.0. The lowest BCUT2D eigenvalue weighted by Crippen LogP contribution is -2.81. The second-order valence-corrected chi connectivity index (χ2v) is 18.7. The first kappa shape index (κ1) is 45.7. The quantitative estimate of drug-likeness (QED) is 0.195. The molecule has 1 unspecified atom stereocenters. The number of alkyl carbamates (subject to hydrolysis) is 1. The maximum absolute atomic E-state index is 15.4. The minimum absolute atomic E-state index is 0.00388. The number of benzene rings is 1. The average Bonchev–Trinajstić information content (AvgIpc) is 3.13. The molecule has 0 radical (unpaired) electrons. The van der Waals surface area contributed by atoms with Crippen molar-refractivity contribution in [3.05, 3.63) is 47.2 Å². The number of carbonyl (C=O) groups excluding carboxylic acids is 6. The first-order valence-electron chi connectivity index (χ1n) is 20.0. The number of aliphatic hydroxyl groups excluding tert-OH is 2. The number of aliphatic hydroxyl groups is 3. The molecule has 5 rings (SSSR count). The standard InChI is InChI=1S/C43H59NO15/c1-21(2)30(44-38(52)55-19-39(6,7)8)31(48)37(51)57-26-18-43(53)35(58-36(50)25-15-13-12-14-16-25)33-41(11,27(47)17-28-42(33,20-54-28)59-24(5)46)34(49)32(56-23(4)45)29(22(26)3)40(43,9)10/h12-16,21-22,26-28,30-31,33,35,47-48,53H,17-20H2,1-11H3,(H,44,52)/t22?,26-,27-,28+,30-,31+,33-,35-,41+,42-,43+/m0/s1. The number of amides is 1. The van der Waals surface area contributed by atoms with Gasteiger partial charge in [0.05, 0.1) is 42.3 Å². The van der Waals surface area contributed by atoms with Gasteiger partial charge >= 0.3 is 30.0 Å². The Hall–Kier alpha value is -4.38. The lowest BCUT2D eigenvalue weighted by atomic mass is 9.45. The van der Waals surface area contributed by atoms with E-state index in [9.17, 15) is 39.3 Å². The van der Waals surface area contributed by atoms with Crippen LogP contribution in [0, 0.1) is 34.0 Å². The van der Waals surface area contributed by atoms with Gasteiger partial charge in [0.25, 0.3) is 0 Å². The van der Waals surface area contributed by atoms with Gasteiger partial charge in [-0.25, -0.2) is 14.4 Å². The molecule has 11 atom stereocenters. The Morgan fingerprint density at radius 3 is 2.15 bits per heavy atom. The van der Waals surface area contributed by atoms with Gasteiger partial charge in [0, 0.05) is 38.0 Å². The Labute approximate surface area is 344 Å². The minimum atomic E-state index is -2.37. The van der Waals surface area contributed by atoms with Gasteiger partial charge in [-0.05, 0) is 36.0 Å². The molecule has 1 aliphatic heterocycles. The first-order valence-corrected chi connectivity index (χ1v) is 20.0. The zero-order valence-corrected chi connectivity index (χ0v) is 35.7. The van der Waals surface area contributed by atoms with Crippen LogP contribution in [0.5, 0.6) is 0 Å². The highest BCUT2D eigenvalue weighted by Gasteiger charge is 2.78. The minimum Gasteiger partial charge on any atom is -0.460 e. The van der Waals surface area contributed by atoms with Crippen LogP contribution < -0.4 is 5.32 Å². The fourth-order valence-electron chi connectivity index (χ4n) is 9.45. The molecule has 1 heterocycles. The molecule has 16 nitrogen and oxygen atoms in total. The number of allylic oxidation sites excluding steroid dienone is 1. The molecule has 0 spiro atoms. The van der Waals surface area contributed by atoms with Crippen LogP contribution in [0.15, 0.2) is 41.7 Å². The highest BCUT2D eigenvalue weighted by Crippen LogP contribution is 2.65. The van der Waals surface area contributed by atoms with Crippen molar-refractivity contribution < 1.29 is 72.5 Å². The molecule has 1 aromatic carbocycles. The van der Waals surface area contributed by atoms with Gasteiger partial charge in [0.1, 0.15) is 23.9 Å². The predicted molar refractivity (Wildman–Crippen MR) is 207 cm³/mol. The van der Waals surface area contributed by atoms with Crippen LogP contribution in [0.4, 0.5) is 4.79 Å². The predicted octanol–water partition coefficient (Wildman–Crippen LogP) is 3.57. The summed E-state index contributed by atoms with van der Waals surface area (Å²) >= 11 is 0. The summed E-state index contributed by atoms with van der Waals surface area (Å²) in [6.07, 6.45) is -9.34. The van der Waals surface area contributed by atoms with Crippen molar-refractivity contribution in [1.82, 2.24) is 5.32 Å². The van der Waals surface area contributed by atoms with Crippen molar-refractivity contribution in [2.75, 3.05) is 13.2 Å². The Kier molecular flexibility index (Phi) is 12.6. The Morgan fingerprint density at radius 2 is 1.63 bits per heavy atom. The molecule has 4 N–H and O–H groups in total. The van der Waals surface area contributed by atoms with Gasteiger partial charge in [-0.2, -0.15) is 0 Å². The lowest BCUT2D eigenvalue weighted by molar-refractivity contribution is -0.345. The van der Waals surface area contributed by atoms with E-state index < -0.39 is 124 Å². The molecule has 59 heavy (non-hydrogen) atoms. The molecule has 4 aliphatic rings. The van der Waals surface area contributed by atoms with E-state index in [4.69, 9.17) is 28.4 Å². The number of nitrogens with one attached hydrogen (secondary N) is 1. The van der Waals surface area contributed by atoms with E-state index in [0.29, 0.717) is 0 Å². The number of hydrogen-bond donors (Lipinski definition) is 4. The number of ether oxygens (including phenoxy) is 6. The number of carbonyl (C=O) groups is 6. The molecule has 1 aromatic rings. The normalized spacial score (nSPS) is 33.4. The first-order chi connectivity index (χ1) is 27.2. The Bertz CT molecular complexity index is 1870. The van der Waals surface area contributed by atoms with E-state index in [0.717, 1.165) is 13.8 Å². The van der Waals surface area contributed by atoms with Crippen LogP contribution in [0.25, 0.3) is 0 Å². The smallest absolute Gasteiger partial charge is 0.407 e. The van der Waals surface area contributed by atoms with Crippen LogP contribution in [-0.2, 0) is 47.6 Å². The zero-order valence-electron chi connectivity index (χ0n) is 35.7. The van der Waals surface area contributed by atoms with Gasteiger partial charge in [0.15, 0.2) is 17.5 Å².